The van der Waals surface area contributed by atoms with Crippen molar-refractivity contribution in [2.75, 3.05) is 25.1 Å². The van der Waals surface area contributed by atoms with E-state index in [4.69, 9.17) is 9.47 Å². The zero-order valence-electron chi connectivity index (χ0n) is 19.9. The molecule has 5 rings (SSSR count). The van der Waals surface area contributed by atoms with E-state index < -0.39 is 18.0 Å². The largest absolute Gasteiger partial charge is 0.456 e. The number of anilines is 1. The summed E-state index contributed by atoms with van der Waals surface area (Å²) >= 11 is 0. The van der Waals surface area contributed by atoms with E-state index in [2.05, 4.69) is 10.4 Å². The number of nitrogens with zero attached hydrogens (tertiary/aromatic N) is 3. The molecule has 1 aromatic heterocycles. The van der Waals surface area contributed by atoms with Crippen LogP contribution in [0.5, 0.6) is 11.5 Å². The molecule has 2 N–H and O–H groups in total. The first-order valence-corrected chi connectivity index (χ1v) is 12.0. The second-order valence-electron chi connectivity index (χ2n) is 9.17. The lowest BCUT2D eigenvalue weighted by Crippen LogP contribution is -2.46. The van der Waals surface area contributed by atoms with E-state index in [1.807, 2.05) is 36.1 Å². The minimum atomic E-state index is -1.12. The molecule has 0 aliphatic carbocycles. The molecule has 2 aliphatic rings. The molecule has 0 spiro atoms. The van der Waals surface area contributed by atoms with Gasteiger partial charge in [-0.2, -0.15) is 5.10 Å². The van der Waals surface area contributed by atoms with Crippen LogP contribution in [0.15, 0.2) is 42.7 Å². The molecule has 7 nitrogen and oxygen atoms in total. The topological polar surface area (TPSA) is 71.8 Å². The molecule has 1 unspecified atom stereocenters. The van der Waals surface area contributed by atoms with Crippen molar-refractivity contribution < 1.29 is 23.4 Å². The van der Waals surface area contributed by atoms with E-state index in [1.165, 1.54) is 13.2 Å². The standard InChI is InChI=1S/C26H30F2N4O3/c1-16-3-5-21-24(32(16)26(33)34-2)8-6-20(25(21)35-19-4-7-22(27)23(28)13-19)17-14-30-31(15-17)18-9-11-29-12-10-18/h4,6-8,13-16,18,26,29,33H,3,5,9-12H2,1-2H3/t16-,26?/m0/s1. The van der Waals surface area contributed by atoms with Gasteiger partial charge in [0.2, 0.25) is 6.41 Å². The van der Waals surface area contributed by atoms with Crippen LogP contribution in [0, 0.1) is 11.6 Å². The Morgan fingerprint density at radius 3 is 2.66 bits per heavy atom. The summed E-state index contributed by atoms with van der Waals surface area (Å²) in [5.74, 6) is -1.17. The van der Waals surface area contributed by atoms with Crippen LogP contribution in [-0.2, 0) is 11.2 Å². The predicted octanol–water partition coefficient (Wildman–Crippen LogP) is 4.61. The summed E-state index contributed by atoms with van der Waals surface area (Å²) in [6.45, 7) is 3.94. The lowest BCUT2D eigenvalue weighted by Gasteiger charge is -2.40. The number of fused-ring (bicyclic) bond motifs is 1. The number of benzene rings is 2. The van der Waals surface area contributed by atoms with Crippen molar-refractivity contribution in [1.82, 2.24) is 15.1 Å². The van der Waals surface area contributed by atoms with Crippen molar-refractivity contribution >= 4 is 5.69 Å². The maximum atomic E-state index is 14.0. The Morgan fingerprint density at radius 2 is 1.91 bits per heavy atom. The minimum Gasteiger partial charge on any atom is -0.456 e. The lowest BCUT2D eigenvalue weighted by atomic mass is 9.92. The Labute approximate surface area is 203 Å². The highest BCUT2D eigenvalue weighted by Gasteiger charge is 2.32. The average molecular weight is 485 g/mol. The maximum absolute atomic E-state index is 14.0. The Balaban J connectivity index is 1.60. The molecule has 2 aromatic carbocycles. The van der Waals surface area contributed by atoms with Gasteiger partial charge in [-0.25, -0.2) is 8.78 Å². The van der Waals surface area contributed by atoms with Gasteiger partial charge in [0, 0.05) is 47.8 Å². The fourth-order valence-corrected chi connectivity index (χ4v) is 5.03. The molecule has 0 radical (unpaired) electrons. The molecule has 186 valence electrons. The molecule has 2 atom stereocenters. The molecule has 1 saturated heterocycles. The van der Waals surface area contributed by atoms with Gasteiger partial charge in [-0.15, -0.1) is 0 Å². The third-order valence-corrected chi connectivity index (χ3v) is 6.96. The fourth-order valence-electron chi connectivity index (χ4n) is 5.03. The van der Waals surface area contributed by atoms with Gasteiger partial charge in [0.05, 0.1) is 12.2 Å². The van der Waals surface area contributed by atoms with E-state index in [9.17, 15) is 13.9 Å². The van der Waals surface area contributed by atoms with Gasteiger partial charge in [-0.3, -0.25) is 4.68 Å². The van der Waals surface area contributed by atoms with Crippen molar-refractivity contribution in [1.29, 1.82) is 0 Å². The van der Waals surface area contributed by atoms with Crippen molar-refractivity contribution in [3.63, 3.8) is 0 Å². The van der Waals surface area contributed by atoms with Crippen LogP contribution < -0.4 is 15.0 Å². The highest BCUT2D eigenvalue weighted by Crippen LogP contribution is 2.45. The Bertz CT molecular complexity index is 1200. The normalized spacial score (nSPS) is 19.5. The zero-order valence-corrected chi connectivity index (χ0v) is 19.9. The summed E-state index contributed by atoms with van der Waals surface area (Å²) in [7, 11) is 1.45. The smallest absolute Gasteiger partial charge is 0.237 e. The van der Waals surface area contributed by atoms with E-state index >= 15 is 0 Å². The molecule has 0 bridgehead atoms. The van der Waals surface area contributed by atoms with Gasteiger partial charge in [0.1, 0.15) is 11.5 Å². The van der Waals surface area contributed by atoms with Crippen LogP contribution in [0.1, 0.15) is 37.8 Å². The second-order valence-corrected chi connectivity index (χ2v) is 9.17. The molecule has 3 heterocycles. The number of halogens is 2. The van der Waals surface area contributed by atoms with E-state index in [-0.39, 0.29) is 11.8 Å². The van der Waals surface area contributed by atoms with Crippen LogP contribution >= 0.6 is 0 Å². The third kappa shape index (κ3) is 4.63. The number of aromatic nitrogens is 2. The minimum absolute atomic E-state index is 0.0436. The number of methoxy groups -OCH3 is 1. The molecule has 35 heavy (non-hydrogen) atoms. The SMILES string of the molecule is COC(O)N1c2ccc(-c3cnn(C4CCNCC4)c3)c(Oc3ccc(F)c(F)c3)c2CC[C@@H]1C. The van der Waals surface area contributed by atoms with Crippen LogP contribution in [0.3, 0.4) is 0 Å². The molecule has 0 amide bonds. The van der Waals surface area contributed by atoms with Crippen LogP contribution in [-0.4, -0.2) is 47.5 Å². The van der Waals surface area contributed by atoms with Crippen LogP contribution in [0.4, 0.5) is 14.5 Å². The number of aliphatic hydroxyl groups excluding tert-OH is 1. The Morgan fingerprint density at radius 1 is 1.11 bits per heavy atom. The third-order valence-electron chi connectivity index (χ3n) is 6.96. The second kappa shape index (κ2) is 9.93. The van der Waals surface area contributed by atoms with Crippen LogP contribution in [0.2, 0.25) is 0 Å². The van der Waals surface area contributed by atoms with Gasteiger partial charge in [0.25, 0.3) is 0 Å². The Kier molecular flexibility index (Phi) is 6.73. The van der Waals surface area contributed by atoms with E-state index in [0.717, 1.165) is 66.9 Å². The van der Waals surface area contributed by atoms with Crippen LogP contribution in [0.25, 0.3) is 11.1 Å². The number of hydrogen-bond donors (Lipinski definition) is 2. The van der Waals surface area contributed by atoms with Gasteiger partial charge in [-0.1, -0.05) is 0 Å². The average Bonchev–Trinajstić information content (AvgIpc) is 3.36. The van der Waals surface area contributed by atoms with Gasteiger partial charge < -0.3 is 24.8 Å². The summed E-state index contributed by atoms with van der Waals surface area (Å²) in [5.41, 5.74) is 3.33. The first-order valence-electron chi connectivity index (χ1n) is 12.0. The molecular formula is C26H30F2N4O3. The quantitative estimate of drug-likeness (QED) is 0.498. The monoisotopic (exact) mass is 484 g/mol. The molecule has 0 saturated carbocycles. The predicted molar refractivity (Wildman–Crippen MR) is 129 cm³/mol. The van der Waals surface area contributed by atoms with Crippen molar-refractivity contribution in [2.24, 2.45) is 0 Å². The first-order chi connectivity index (χ1) is 17.0. The fraction of sp³-hybridized carbons (Fsp3) is 0.423. The van der Waals surface area contributed by atoms with Crippen molar-refractivity contribution in [3.8, 4) is 22.6 Å². The van der Waals surface area contributed by atoms with E-state index in [1.54, 1.807) is 4.90 Å². The Hall–Kier alpha value is -3.01. The number of nitrogens with one attached hydrogen (secondary N) is 1. The first kappa shape index (κ1) is 23.7. The molecule has 3 aromatic rings. The number of rotatable bonds is 6. The number of piperidine rings is 1. The summed E-state index contributed by atoms with van der Waals surface area (Å²) in [5, 5.41) is 18.5. The number of ether oxygens (including phenoxy) is 2. The molecule has 1 fully saturated rings. The number of aliphatic hydroxyl groups is 1. The maximum Gasteiger partial charge on any atom is 0.237 e. The highest BCUT2D eigenvalue weighted by molar-refractivity contribution is 5.78. The zero-order chi connectivity index (χ0) is 24.5. The van der Waals surface area contributed by atoms with Crippen molar-refractivity contribution in [2.45, 2.75) is 51.1 Å². The summed E-state index contributed by atoms with van der Waals surface area (Å²) in [6.07, 6.45) is 6.18. The molecule has 9 heteroatoms. The molecular weight excluding hydrogens is 454 g/mol. The highest BCUT2D eigenvalue weighted by atomic mass is 19.2. The summed E-state index contributed by atoms with van der Waals surface area (Å²) in [4.78, 5) is 1.80. The van der Waals surface area contributed by atoms with E-state index in [0.29, 0.717) is 18.2 Å². The molecule has 2 aliphatic heterocycles. The number of hydrogen-bond acceptors (Lipinski definition) is 6. The van der Waals surface area contributed by atoms with Gasteiger partial charge >= 0.3 is 0 Å². The summed E-state index contributed by atoms with van der Waals surface area (Å²) < 4.78 is 41.0. The van der Waals surface area contributed by atoms with Gasteiger partial charge in [-0.05, 0) is 70.0 Å². The van der Waals surface area contributed by atoms with Crippen molar-refractivity contribution in [3.05, 3.63) is 59.9 Å². The van der Waals surface area contributed by atoms with Gasteiger partial charge in [0.15, 0.2) is 11.6 Å². The summed E-state index contributed by atoms with van der Waals surface area (Å²) in [6, 6.07) is 7.75. The lowest BCUT2D eigenvalue weighted by molar-refractivity contribution is -0.0795.